The number of nitrogens with zero attached hydrogens (tertiary/aromatic N) is 2. The Morgan fingerprint density at radius 2 is 2.17 bits per heavy atom. The molecular formula is C6HN3O2S. The van der Waals surface area contributed by atoms with Gasteiger partial charge in [0.05, 0.1) is 11.7 Å². The number of rotatable bonds is 1. The van der Waals surface area contributed by atoms with Crippen molar-refractivity contribution in [2.45, 2.75) is 0 Å². The highest BCUT2D eigenvalue weighted by atomic mass is 32.1. The number of nitrogens with one attached hydrogen (secondary N) is 1. The number of aliphatic imine (C=N–C) groups is 1. The van der Waals surface area contributed by atoms with Gasteiger partial charge in [-0.2, -0.15) is 0 Å². The van der Waals surface area contributed by atoms with E-state index >= 15 is 0 Å². The zero-order chi connectivity index (χ0) is 9.14. The second kappa shape index (κ2) is 3.05. The molecule has 0 aliphatic carbocycles. The van der Waals surface area contributed by atoms with Crippen LogP contribution in [0.1, 0.15) is 0 Å². The average Bonchev–Trinajstić information content (AvgIpc) is 2.28. The molecule has 1 N–H and O–H groups in total. The zero-order valence-electron chi connectivity index (χ0n) is 5.62. The van der Waals surface area contributed by atoms with Crippen molar-refractivity contribution in [2.24, 2.45) is 4.99 Å². The normalized spacial score (nSPS) is 15.2. The first-order valence-electron chi connectivity index (χ1n) is 2.76. The van der Waals surface area contributed by atoms with Gasteiger partial charge in [-0.25, -0.2) is 9.84 Å². The fraction of sp³-hybridized carbons (Fsp3) is 0. The van der Waals surface area contributed by atoms with E-state index in [0.717, 1.165) is 0 Å². The van der Waals surface area contributed by atoms with Gasteiger partial charge in [0, 0.05) is 0 Å². The topological polar surface area (TPSA) is 62.9 Å². The van der Waals surface area contributed by atoms with Crippen molar-refractivity contribution in [3.05, 3.63) is 22.8 Å². The molecule has 0 radical (unpaired) electrons. The average molecular weight is 179 g/mol. The monoisotopic (exact) mass is 179 g/mol. The molecule has 2 amide bonds. The lowest BCUT2D eigenvalue weighted by atomic mass is 10.4. The van der Waals surface area contributed by atoms with Crippen LogP contribution in [-0.2, 0) is 9.59 Å². The van der Waals surface area contributed by atoms with E-state index in [4.69, 9.17) is 6.57 Å². The van der Waals surface area contributed by atoms with E-state index in [1.54, 1.807) is 0 Å². The summed E-state index contributed by atoms with van der Waals surface area (Å²) in [5.41, 5.74) is -0.595. The van der Waals surface area contributed by atoms with Crippen LogP contribution in [0.3, 0.4) is 0 Å². The number of hydrogen-bond acceptors (Lipinski definition) is 4. The van der Waals surface area contributed by atoms with Gasteiger partial charge < -0.3 is 0 Å². The number of carbonyl (C=O) groups excluding carboxylic acids is 2. The summed E-state index contributed by atoms with van der Waals surface area (Å²) in [7, 11) is 0. The van der Waals surface area contributed by atoms with Crippen LogP contribution in [0.5, 0.6) is 0 Å². The van der Waals surface area contributed by atoms with Gasteiger partial charge in [-0.3, -0.25) is 14.9 Å². The fourth-order valence-corrected chi connectivity index (χ4v) is 0.781. The van der Waals surface area contributed by atoms with Gasteiger partial charge in [-0.15, -0.1) is 0 Å². The summed E-state index contributed by atoms with van der Waals surface area (Å²) in [5, 5.41) is 3.83. The molecule has 0 saturated heterocycles. The molecular weight excluding hydrogens is 178 g/mol. The Morgan fingerprint density at radius 3 is 2.67 bits per heavy atom. The second-order valence-electron chi connectivity index (χ2n) is 1.80. The number of imide groups is 1. The van der Waals surface area contributed by atoms with Gasteiger partial charge in [0.15, 0.2) is 5.70 Å². The summed E-state index contributed by atoms with van der Waals surface area (Å²) in [6, 6.07) is 0. The van der Waals surface area contributed by atoms with Crippen LogP contribution in [0, 0.1) is 6.57 Å². The Morgan fingerprint density at radius 1 is 1.50 bits per heavy atom. The van der Waals surface area contributed by atoms with Crippen molar-refractivity contribution < 1.29 is 9.59 Å². The standard InChI is InChI=1S/C6HN3O2S/c1-7-3-4(8-2-12)6(11)9-5(3)10/h(H,9,10,11). The van der Waals surface area contributed by atoms with Crippen LogP contribution in [0.2, 0.25) is 0 Å². The Kier molecular flexibility index (Phi) is 2.10. The molecule has 0 saturated carbocycles. The van der Waals surface area contributed by atoms with Gasteiger partial charge in [0.2, 0.25) is 0 Å². The Balaban J connectivity index is 3.30. The highest BCUT2D eigenvalue weighted by Gasteiger charge is 2.30. The summed E-state index contributed by atoms with van der Waals surface area (Å²) in [4.78, 5) is 27.7. The fourth-order valence-electron chi connectivity index (χ4n) is 0.690. The van der Waals surface area contributed by atoms with E-state index in [-0.39, 0.29) is 11.4 Å². The van der Waals surface area contributed by atoms with E-state index in [0.29, 0.717) is 0 Å². The minimum atomic E-state index is -0.737. The minimum Gasteiger partial charge on any atom is -0.297 e. The largest absolute Gasteiger partial charge is 0.297 e. The highest BCUT2D eigenvalue weighted by molar-refractivity contribution is 7.78. The first-order valence-corrected chi connectivity index (χ1v) is 3.17. The number of carbonyl (C=O) groups is 2. The third-order valence-electron chi connectivity index (χ3n) is 1.15. The maximum absolute atomic E-state index is 10.8. The van der Waals surface area contributed by atoms with Crippen molar-refractivity contribution in [3.8, 4) is 0 Å². The minimum absolute atomic E-state index is 0.259. The zero-order valence-corrected chi connectivity index (χ0v) is 6.44. The van der Waals surface area contributed by atoms with Crippen molar-refractivity contribution >= 4 is 29.2 Å². The number of hydrogen-bond donors (Lipinski definition) is 1. The molecule has 0 bridgehead atoms. The van der Waals surface area contributed by atoms with Crippen molar-refractivity contribution in [2.75, 3.05) is 0 Å². The molecule has 12 heavy (non-hydrogen) atoms. The van der Waals surface area contributed by atoms with Crippen LogP contribution in [0.25, 0.3) is 4.85 Å². The van der Waals surface area contributed by atoms with Crippen molar-refractivity contribution in [1.82, 2.24) is 5.32 Å². The Bertz CT molecular complexity index is 384. The molecule has 1 aliphatic rings. The van der Waals surface area contributed by atoms with Gasteiger partial charge in [-0.1, -0.05) is 0 Å². The predicted molar refractivity (Wildman–Crippen MR) is 41.8 cm³/mol. The van der Waals surface area contributed by atoms with Gasteiger partial charge in [0.25, 0.3) is 17.5 Å². The SMILES string of the molecule is [C-]#[N+]C1=C(N=C=S)C(=O)NC1=O. The van der Waals surface area contributed by atoms with E-state index < -0.39 is 11.8 Å². The summed E-state index contributed by atoms with van der Waals surface area (Å²) >= 11 is 4.24. The molecule has 0 unspecified atom stereocenters. The molecule has 6 heteroatoms. The molecule has 0 aromatic rings. The number of isothiocyanates is 1. The Hall–Kier alpha value is -1.83. The van der Waals surface area contributed by atoms with E-state index in [2.05, 4.69) is 22.1 Å². The smallest absolute Gasteiger partial charge is 0.281 e. The molecule has 1 heterocycles. The van der Waals surface area contributed by atoms with Crippen LogP contribution in [0.15, 0.2) is 16.4 Å². The molecule has 1 aliphatic heterocycles. The Labute approximate surface area is 72.6 Å². The first kappa shape index (κ1) is 8.27. The van der Waals surface area contributed by atoms with Gasteiger partial charge >= 0.3 is 0 Å². The molecule has 0 aromatic carbocycles. The lowest BCUT2D eigenvalue weighted by molar-refractivity contribution is -0.124. The number of amides is 2. The van der Waals surface area contributed by atoms with Crippen LogP contribution in [0.4, 0.5) is 0 Å². The van der Waals surface area contributed by atoms with Crippen molar-refractivity contribution in [1.29, 1.82) is 0 Å². The summed E-state index contributed by atoms with van der Waals surface area (Å²) in [6.45, 7) is 6.56. The van der Waals surface area contributed by atoms with Crippen LogP contribution in [-0.4, -0.2) is 17.0 Å². The molecule has 0 aromatic heterocycles. The maximum Gasteiger partial charge on any atom is 0.281 e. The van der Waals surface area contributed by atoms with E-state index in [1.807, 2.05) is 10.5 Å². The third-order valence-corrected chi connectivity index (χ3v) is 1.24. The van der Waals surface area contributed by atoms with Crippen LogP contribution >= 0.6 is 12.2 Å². The molecule has 1 rings (SSSR count). The highest BCUT2D eigenvalue weighted by Crippen LogP contribution is 2.13. The van der Waals surface area contributed by atoms with Crippen molar-refractivity contribution in [3.63, 3.8) is 0 Å². The third kappa shape index (κ3) is 1.14. The van der Waals surface area contributed by atoms with Gasteiger partial charge in [-0.05, 0) is 12.2 Å². The summed E-state index contributed by atoms with van der Waals surface area (Å²) in [5.74, 6) is -1.44. The first-order chi connectivity index (χ1) is 5.70. The van der Waals surface area contributed by atoms with Crippen LogP contribution < -0.4 is 5.32 Å². The molecule has 0 spiro atoms. The molecule has 0 fully saturated rings. The molecule has 58 valence electrons. The summed E-state index contributed by atoms with van der Waals surface area (Å²) in [6.07, 6.45) is 0. The summed E-state index contributed by atoms with van der Waals surface area (Å²) < 4.78 is 0. The second-order valence-corrected chi connectivity index (χ2v) is 1.98. The lowest BCUT2D eigenvalue weighted by Gasteiger charge is -1.85. The quantitative estimate of drug-likeness (QED) is 0.264. The van der Waals surface area contributed by atoms with E-state index in [1.165, 1.54) is 0 Å². The maximum atomic E-state index is 10.8. The lowest BCUT2D eigenvalue weighted by Crippen LogP contribution is -2.22. The van der Waals surface area contributed by atoms with Gasteiger partial charge in [0.1, 0.15) is 0 Å². The number of thiocarbonyl (C=S) groups is 1. The molecule has 0 atom stereocenters. The molecule has 5 nitrogen and oxygen atoms in total. The predicted octanol–water partition coefficient (Wildman–Crippen LogP) is -0.124. The van der Waals surface area contributed by atoms with E-state index in [9.17, 15) is 9.59 Å².